The van der Waals surface area contributed by atoms with Gasteiger partial charge in [0.1, 0.15) is 5.82 Å². The third-order valence-electron chi connectivity index (χ3n) is 3.76. The number of hydrogen-bond acceptors (Lipinski definition) is 2. The van der Waals surface area contributed by atoms with Gasteiger partial charge in [0.2, 0.25) is 0 Å². The number of rotatable bonds is 4. The fourth-order valence-electron chi connectivity index (χ4n) is 2.88. The lowest BCUT2D eigenvalue weighted by molar-refractivity contribution is 0.0793. The number of amides is 1. The van der Waals surface area contributed by atoms with Gasteiger partial charge in [0, 0.05) is 11.6 Å². The van der Waals surface area contributed by atoms with E-state index in [4.69, 9.17) is 0 Å². The van der Waals surface area contributed by atoms with E-state index in [0.29, 0.717) is 12.8 Å². The molecule has 2 rings (SSSR count). The van der Waals surface area contributed by atoms with Crippen molar-refractivity contribution >= 4 is 11.9 Å². The van der Waals surface area contributed by atoms with Crippen molar-refractivity contribution in [1.29, 1.82) is 0 Å². The number of carbonyl (C=O) groups excluding carboxylic acids is 1. The van der Waals surface area contributed by atoms with E-state index in [0.717, 1.165) is 18.9 Å². The van der Waals surface area contributed by atoms with Crippen molar-refractivity contribution in [3.05, 3.63) is 35.6 Å². The van der Waals surface area contributed by atoms with E-state index < -0.39 is 18.0 Å². The predicted molar refractivity (Wildman–Crippen MR) is 72.3 cm³/mol. The molecule has 1 N–H and O–H groups in total. The number of nitrogens with zero attached hydrogens (tertiary/aromatic N) is 1. The fraction of sp³-hybridized carbons (Fsp3) is 0.467. The Kier molecular flexibility index (Phi) is 4.37. The molecule has 20 heavy (non-hydrogen) atoms. The van der Waals surface area contributed by atoms with E-state index in [9.17, 15) is 19.1 Å². The first-order valence-electron chi connectivity index (χ1n) is 6.85. The van der Waals surface area contributed by atoms with E-state index in [-0.39, 0.29) is 17.4 Å². The molecule has 0 unspecified atom stereocenters. The third-order valence-corrected chi connectivity index (χ3v) is 3.76. The molecule has 1 aromatic rings. The Bertz CT molecular complexity index is 518. The largest absolute Gasteiger partial charge is 0.465 e. The highest BCUT2D eigenvalue weighted by Gasteiger charge is 2.40. The molecule has 1 amide bonds. The van der Waals surface area contributed by atoms with Gasteiger partial charge in [0.15, 0.2) is 5.78 Å². The molecule has 1 aliphatic heterocycles. The molecule has 4 nitrogen and oxygen atoms in total. The normalized spacial score (nSPS) is 22.0. The van der Waals surface area contributed by atoms with Gasteiger partial charge in [-0.1, -0.05) is 25.5 Å². The maximum Gasteiger partial charge on any atom is 0.408 e. The highest BCUT2D eigenvalue weighted by molar-refractivity contribution is 6.01. The van der Waals surface area contributed by atoms with Crippen LogP contribution >= 0.6 is 0 Å². The Balaban J connectivity index is 2.23. The molecular weight excluding hydrogens is 261 g/mol. The second kappa shape index (κ2) is 6.03. The Morgan fingerprint density at radius 1 is 1.40 bits per heavy atom. The summed E-state index contributed by atoms with van der Waals surface area (Å²) in [6, 6.07) is 4.62. The van der Waals surface area contributed by atoms with Crippen molar-refractivity contribution in [2.24, 2.45) is 0 Å². The summed E-state index contributed by atoms with van der Waals surface area (Å²) >= 11 is 0. The van der Waals surface area contributed by atoms with Crippen LogP contribution in [0, 0.1) is 5.82 Å². The SMILES string of the molecule is CCC[C@@H]1CC[C@@H](C(=O)c2cccc(F)c2)N1C(=O)O. The van der Waals surface area contributed by atoms with Gasteiger partial charge in [0.05, 0.1) is 6.04 Å². The zero-order valence-corrected chi connectivity index (χ0v) is 11.4. The van der Waals surface area contributed by atoms with Gasteiger partial charge in [-0.15, -0.1) is 0 Å². The molecule has 0 spiro atoms. The highest BCUT2D eigenvalue weighted by atomic mass is 19.1. The van der Waals surface area contributed by atoms with Crippen LogP contribution in [-0.2, 0) is 0 Å². The standard InChI is InChI=1S/C15H18FNO3/c1-2-4-12-7-8-13(17(12)15(19)20)14(18)10-5-3-6-11(16)9-10/h3,5-6,9,12-13H,2,4,7-8H2,1H3,(H,19,20)/t12-,13+/m1/s1. The number of carbonyl (C=O) groups is 2. The van der Waals surface area contributed by atoms with Crippen LogP contribution in [0.5, 0.6) is 0 Å². The molecule has 0 aliphatic carbocycles. The van der Waals surface area contributed by atoms with Crippen LogP contribution in [0.15, 0.2) is 24.3 Å². The Hall–Kier alpha value is -1.91. The zero-order chi connectivity index (χ0) is 14.7. The summed E-state index contributed by atoms with van der Waals surface area (Å²) in [6.07, 6.45) is 1.74. The van der Waals surface area contributed by atoms with E-state index in [1.165, 1.54) is 23.1 Å². The molecule has 108 valence electrons. The van der Waals surface area contributed by atoms with E-state index in [1.807, 2.05) is 6.92 Å². The summed E-state index contributed by atoms with van der Waals surface area (Å²) in [7, 11) is 0. The molecule has 0 saturated carbocycles. The third kappa shape index (κ3) is 2.81. The van der Waals surface area contributed by atoms with Crippen LogP contribution in [-0.4, -0.2) is 34.0 Å². The van der Waals surface area contributed by atoms with E-state index in [2.05, 4.69) is 0 Å². The van der Waals surface area contributed by atoms with E-state index >= 15 is 0 Å². The molecule has 1 fully saturated rings. The number of likely N-dealkylation sites (tertiary alicyclic amines) is 1. The van der Waals surface area contributed by atoms with Crippen molar-refractivity contribution in [1.82, 2.24) is 4.90 Å². The second-order valence-corrected chi connectivity index (χ2v) is 5.10. The molecule has 0 aromatic heterocycles. The first-order chi connectivity index (χ1) is 9.54. The van der Waals surface area contributed by atoms with Crippen molar-refractivity contribution in [3.8, 4) is 0 Å². The molecule has 2 atom stereocenters. The molecule has 0 radical (unpaired) electrons. The van der Waals surface area contributed by atoms with Gasteiger partial charge < -0.3 is 5.11 Å². The number of carboxylic acid groups (broad SMARTS) is 1. The second-order valence-electron chi connectivity index (χ2n) is 5.10. The number of ketones is 1. The maximum absolute atomic E-state index is 13.2. The minimum atomic E-state index is -1.07. The summed E-state index contributed by atoms with van der Waals surface area (Å²) in [4.78, 5) is 25.0. The van der Waals surface area contributed by atoms with Gasteiger partial charge >= 0.3 is 6.09 Å². The zero-order valence-electron chi connectivity index (χ0n) is 11.4. The van der Waals surface area contributed by atoms with Gasteiger partial charge in [-0.3, -0.25) is 9.69 Å². The smallest absolute Gasteiger partial charge is 0.408 e. The van der Waals surface area contributed by atoms with Crippen molar-refractivity contribution < 1.29 is 19.1 Å². The highest BCUT2D eigenvalue weighted by Crippen LogP contribution is 2.29. The molecule has 5 heteroatoms. The van der Waals surface area contributed by atoms with Crippen molar-refractivity contribution in [2.75, 3.05) is 0 Å². The molecule has 1 aliphatic rings. The van der Waals surface area contributed by atoms with Crippen LogP contribution < -0.4 is 0 Å². The summed E-state index contributed by atoms with van der Waals surface area (Å²) in [5, 5.41) is 9.33. The number of Topliss-reactive ketones (excluding diaryl/α,β-unsaturated/α-hetero) is 1. The van der Waals surface area contributed by atoms with Gasteiger partial charge in [-0.2, -0.15) is 0 Å². The fourth-order valence-corrected chi connectivity index (χ4v) is 2.88. The van der Waals surface area contributed by atoms with Gasteiger partial charge in [0.25, 0.3) is 0 Å². The van der Waals surface area contributed by atoms with Crippen LogP contribution in [0.2, 0.25) is 0 Å². The predicted octanol–water partition coefficient (Wildman–Crippen LogP) is 3.32. The Morgan fingerprint density at radius 3 is 2.75 bits per heavy atom. The summed E-state index contributed by atoms with van der Waals surface area (Å²) in [5.74, 6) is -0.800. The summed E-state index contributed by atoms with van der Waals surface area (Å²) < 4.78 is 13.2. The first kappa shape index (κ1) is 14.5. The number of halogens is 1. The molecule has 1 heterocycles. The summed E-state index contributed by atoms with van der Waals surface area (Å²) in [5.41, 5.74) is 0.235. The Morgan fingerprint density at radius 2 is 2.15 bits per heavy atom. The minimum Gasteiger partial charge on any atom is -0.465 e. The van der Waals surface area contributed by atoms with Crippen LogP contribution in [0.4, 0.5) is 9.18 Å². The lowest BCUT2D eigenvalue weighted by Gasteiger charge is -2.26. The van der Waals surface area contributed by atoms with Crippen LogP contribution in [0.25, 0.3) is 0 Å². The molecule has 1 aromatic carbocycles. The lowest BCUT2D eigenvalue weighted by atomic mass is 10.0. The number of benzene rings is 1. The van der Waals surface area contributed by atoms with E-state index in [1.54, 1.807) is 0 Å². The topological polar surface area (TPSA) is 57.6 Å². The number of hydrogen-bond donors (Lipinski definition) is 1. The van der Waals surface area contributed by atoms with Crippen molar-refractivity contribution in [3.63, 3.8) is 0 Å². The molecule has 1 saturated heterocycles. The van der Waals surface area contributed by atoms with Crippen molar-refractivity contribution in [2.45, 2.75) is 44.7 Å². The Labute approximate surface area is 117 Å². The monoisotopic (exact) mass is 279 g/mol. The van der Waals surface area contributed by atoms with Gasteiger partial charge in [-0.05, 0) is 31.4 Å². The quantitative estimate of drug-likeness (QED) is 0.860. The average molecular weight is 279 g/mol. The van der Waals surface area contributed by atoms with Gasteiger partial charge in [-0.25, -0.2) is 9.18 Å². The van der Waals surface area contributed by atoms with Crippen LogP contribution in [0.1, 0.15) is 43.0 Å². The average Bonchev–Trinajstić information content (AvgIpc) is 2.82. The lowest BCUT2D eigenvalue weighted by Crippen LogP contribution is -2.44. The summed E-state index contributed by atoms with van der Waals surface area (Å²) in [6.45, 7) is 1.99. The van der Waals surface area contributed by atoms with Crippen LogP contribution in [0.3, 0.4) is 0 Å². The molecule has 0 bridgehead atoms. The minimum absolute atomic E-state index is 0.111. The molecular formula is C15H18FNO3. The first-order valence-corrected chi connectivity index (χ1v) is 6.85. The maximum atomic E-state index is 13.2.